The Morgan fingerprint density at radius 1 is 0.475 bits per heavy atom. The molecule has 0 spiro atoms. The van der Waals surface area contributed by atoms with Crippen molar-refractivity contribution < 1.29 is 0 Å². The van der Waals surface area contributed by atoms with Crippen LogP contribution in [0.4, 0.5) is 0 Å². The number of allylic oxidation sites excluding steroid dienone is 1. The zero-order valence-electron chi connectivity index (χ0n) is 33.4. The first-order chi connectivity index (χ1) is 30.1. The lowest BCUT2D eigenvalue weighted by Gasteiger charge is -2.29. The third-order valence-corrected chi connectivity index (χ3v) is 11.6. The van der Waals surface area contributed by atoms with E-state index < -0.39 is 0 Å². The molecule has 4 heteroatoms. The van der Waals surface area contributed by atoms with Crippen molar-refractivity contribution in [3.63, 3.8) is 0 Å². The first kappa shape index (κ1) is 38.1. The Hall–Kier alpha value is -8.49. The van der Waals surface area contributed by atoms with Gasteiger partial charge in [-0.3, -0.25) is 0 Å². The van der Waals surface area contributed by atoms with E-state index in [0.717, 1.165) is 96.7 Å². The van der Waals surface area contributed by atoms with Gasteiger partial charge in [0.25, 0.3) is 0 Å². The van der Waals surface area contributed by atoms with Crippen molar-refractivity contribution in [3.05, 3.63) is 216 Å². The van der Waals surface area contributed by atoms with E-state index in [0.29, 0.717) is 5.56 Å². The van der Waals surface area contributed by atoms with Gasteiger partial charge in [0.05, 0.1) is 22.4 Å². The summed E-state index contributed by atoms with van der Waals surface area (Å²) in [6, 6.07) is 60.5. The molecule has 0 saturated heterocycles. The Bertz CT molecular complexity index is 3120. The lowest BCUT2D eigenvalue weighted by Crippen LogP contribution is -2.04. The van der Waals surface area contributed by atoms with Crippen LogP contribution in [0.2, 0.25) is 0 Å². The molecule has 7 aromatic carbocycles. The summed E-state index contributed by atoms with van der Waals surface area (Å²) in [7, 11) is 0. The van der Waals surface area contributed by atoms with Crippen molar-refractivity contribution >= 4 is 18.2 Å². The summed E-state index contributed by atoms with van der Waals surface area (Å²) in [4.78, 5) is 0. The van der Waals surface area contributed by atoms with Crippen LogP contribution in [0.5, 0.6) is 0 Å². The zero-order valence-corrected chi connectivity index (χ0v) is 33.4. The Kier molecular flexibility index (Phi) is 10.2. The van der Waals surface area contributed by atoms with Gasteiger partial charge in [0.1, 0.15) is 18.2 Å². The number of nitrogens with zero attached hydrogens (tertiary/aromatic N) is 4. The van der Waals surface area contributed by atoms with Gasteiger partial charge in [-0.2, -0.15) is 15.8 Å². The summed E-state index contributed by atoms with van der Waals surface area (Å²) in [5, 5.41) is 31.3. The molecule has 0 radical (unpaired) electrons. The highest BCUT2D eigenvalue weighted by atomic mass is 15.0. The first-order valence-electron chi connectivity index (χ1n) is 20.2. The van der Waals surface area contributed by atoms with Gasteiger partial charge in [-0.05, 0) is 122 Å². The zero-order chi connectivity index (χ0) is 41.9. The largest absolute Gasteiger partial charge is 0.310 e. The maximum atomic E-state index is 10.5. The summed E-state index contributed by atoms with van der Waals surface area (Å²) in [6.07, 6.45) is 10.2. The second-order valence-corrected chi connectivity index (χ2v) is 14.9. The molecule has 0 saturated carbocycles. The molecule has 4 nitrogen and oxygen atoms in total. The minimum atomic E-state index is 0.0643. The quantitative estimate of drug-likeness (QED) is 0.146. The van der Waals surface area contributed by atoms with E-state index in [-0.39, 0.29) is 16.7 Å². The molecule has 1 aromatic heterocycles. The van der Waals surface area contributed by atoms with Crippen LogP contribution in [0.25, 0.3) is 90.7 Å². The summed E-state index contributed by atoms with van der Waals surface area (Å²) < 4.78 is 2.26. The van der Waals surface area contributed by atoms with E-state index in [1.807, 2.05) is 48.6 Å². The number of aromatic nitrogens is 1. The molecule has 1 heterocycles. The number of benzene rings is 7. The predicted octanol–water partition coefficient (Wildman–Crippen LogP) is 14.3. The fourth-order valence-corrected chi connectivity index (χ4v) is 9.01. The molecule has 61 heavy (non-hydrogen) atoms. The predicted molar refractivity (Wildman–Crippen MR) is 250 cm³/mol. The van der Waals surface area contributed by atoms with Crippen molar-refractivity contribution in [2.24, 2.45) is 0 Å². The van der Waals surface area contributed by atoms with Crippen LogP contribution >= 0.6 is 0 Å². The molecule has 9 rings (SSSR count). The summed E-state index contributed by atoms with van der Waals surface area (Å²) in [5.74, 6) is 0. The van der Waals surface area contributed by atoms with Crippen molar-refractivity contribution in [1.82, 2.24) is 4.57 Å². The van der Waals surface area contributed by atoms with Crippen LogP contribution in [-0.4, -0.2) is 4.57 Å². The highest BCUT2D eigenvalue weighted by Gasteiger charge is 2.30. The van der Waals surface area contributed by atoms with Gasteiger partial charge < -0.3 is 4.57 Å². The molecule has 0 aliphatic heterocycles. The Labute approximate surface area is 356 Å². The number of hydrogen-bond acceptors (Lipinski definition) is 3. The Balaban J connectivity index is 1.50. The van der Waals surface area contributed by atoms with Crippen LogP contribution < -0.4 is 0 Å². The molecule has 8 aromatic rings. The monoisotopic (exact) mass is 778 g/mol. The van der Waals surface area contributed by atoms with E-state index in [1.165, 1.54) is 5.56 Å². The fraction of sp³-hybridized carbons (Fsp3) is 0.0351. The average Bonchev–Trinajstić information content (AvgIpc) is 3.67. The van der Waals surface area contributed by atoms with Gasteiger partial charge in [0.2, 0.25) is 0 Å². The lowest BCUT2D eigenvalue weighted by molar-refractivity contribution is 0.955. The molecule has 1 aliphatic carbocycles. The first-order valence-corrected chi connectivity index (χ1v) is 20.2. The molecular formula is C57H38N4. The fourth-order valence-electron chi connectivity index (χ4n) is 9.01. The topological polar surface area (TPSA) is 76.3 Å². The molecule has 0 bridgehead atoms. The highest BCUT2D eigenvalue weighted by Crippen LogP contribution is 2.56. The van der Waals surface area contributed by atoms with Crippen LogP contribution in [0.15, 0.2) is 177 Å². The van der Waals surface area contributed by atoms with Crippen molar-refractivity contribution in [3.8, 4) is 90.7 Å². The van der Waals surface area contributed by atoms with Gasteiger partial charge in [0.15, 0.2) is 0 Å². The van der Waals surface area contributed by atoms with Crippen LogP contribution in [0.3, 0.4) is 0 Å². The molecule has 0 atom stereocenters. The van der Waals surface area contributed by atoms with E-state index in [1.54, 1.807) is 12.1 Å². The molecule has 1 aliphatic rings. The van der Waals surface area contributed by atoms with Crippen LogP contribution in [0, 0.1) is 34.0 Å². The summed E-state index contributed by atoms with van der Waals surface area (Å²) >= 11 is 0. The number of fused-ring (bicyclic) bond motifs is 1. The molecule has 0 fully saturated rings. The van der Waals surface area contributed by atoms with E-state index in [4.69, 9.17) is 0 Å². The maximum absolute atomic E-state index is 10.5. The highest BCUT2D eigenvalue weighted by molar-refractivity contribution is 6.15. The smallest absolute Gasteiger partial charge is 0.102 e. The SMILES string of the molecule is C=Cc1c2c(n(-c3ccc(-c4c(-c5ccccc5)c(-c5ccccc5)c(-c5ccccc5)c(-c5ccccc5)c4-c4cc(C#N)c(C#N)c(C#N)c4)cc3)c1C=C)C=CCC2. The third kappa shape index (κ3) is 6.58. The second kappa shape index (κ2) is 16.4. The van der Waals surface area contributed by atoms with Crippen LogP contribution in [0.1, 0.15) is 45.6 Å². The van der Waals surface area contributed by atoms with Gasteiger partial charge in [0, 0.05) is 16.9 Å². The minimum Gasteiger partial charge on any atom is -0.310 e. The van der Waals surface area contributed by atoms with Crippen molar-refractivity contribution in [2.45, 2.75) is 12.8 Å². The standard InChI is InChI=1S/C57H38N4/c1-3-47-48-27-17-18-28-51(48)61(50(47)4-2)46-31-29-42(30-32-46)56-54(40-23-13-7-14-24-40)52(38-19-9-5-10-20-38)53(39-21-11-6-12-22-39)55(41-25-15-8-16-26-41)57(56)43-33-44(35-58)49(37-60)45(34-43)36-59/h3-16,18-26,28-34H,1-2,17,27H2. The molecule has 0 unspecified atom stereocenters. The Morgan fingerprint density at radius 2 is 0.885 bits per heavy atom. The Morgan fingerprint density at radius 3 is 1.26 bits per heavy atom. The number of nitriles is 3. The van der Waals surface area contributed by atoms with E-state index in [9.17, 15) is 15.8 Å². The lowest BCUT2D eigenvalue weighted by atomic mass is 9.74. The van der Waals surface area contributed by atoms with E-state index in [2.05, 4.69) is 157 Å². The molecule has 286 valence electrons. The van der Waals surface area contributed by atoms with Gasteiger partial charge in [-0.15, -0.1) is 0 Å². The van der Waals surface area contributed by atoms with Gasteiger partial charge in [-0.25, -0.2) is 0 Å². The average molecular weight is 779 g/mol. The molecule has 0 amide bonds. The van der Waals surface area contributed by atoms with Crippen LogP contribution in [-0.2, 0) is 6.42 Å². The minimum absolute atomic E-state index is 0.0643. The van der Waals surface area contributed by atoms with Gasteiger partial charge >= 0.3 is 0 Å². The molecule has 0 N–H and O–H groups in total. The maximum Gasteiger partial charge on any atom is 0.102 e. The van der Waals surface area contributed by atoms with Crippen molar-refractivity contribution in [2.75, 3.05) is 0 Å². The number of hydrogen-bond donors (Lipinski definition) is 0. The summed E-state index contributed by atoms with van der Waals surface area (Å²) in [5.41, 5.74) is 17.2. The van der Waals surface area contributed by atoms with Gasteiger partial charge in [-0.1, -0.05) is 159 Å². The summed E-state index contributed by atoms with van der Waals surface area (Å²) in [6.45, 7) is 8.39. The van der Waals surface area contributed by atoms with Crippen molar-refractivity contribution in [1.29, 1.82) is 15.8 Å². The third-order valence-electron chi connectivity index (χ3n) is 11.6. The second-order valence-electron chi connectivity index (χ2n) is 14.9. The number of rotatable bonds is 9. The molecular weight excluding hydrogens is 741 g/mol. The normalized spacial score (nSPS) is 11.5. The van der Waals surface area contributed by atoms with E-state index >= 15 is 0 Å².